The summed E-state index contributed by atoms with van der Waals surface area (Å²) in [6.07, 6.45) is 16.7. The summed E-state index contributed by atoms with van der Waals surface area (Å²) in [5.74, 6) is 1.09. The van der Waals surface area contributed by atoms with Crippen LogP contribution >= 0.6 is 12.2 Å². The first-order valence-corrected chi connectivity index (χ1v) is 11.4. The van der Waals surface area contributed by atoms with Crippen molar-refractivity contribution in [2.75, 3.05) is 13.2 Å². The first kappa shape index (κ1) is 19.9. The number of thiocarbonyl (C=S) groups is 1. The number of carbonyl (C=O) groups excluding carboxylic acids is 1. The Morgan fingerprint density at radius 2 is 1.65 bits per heavy atom. The second-order valence-corrected chi connectivity index (χ2v) is 8.78. The molecule has 1 N–H and O–H groups in total. The zero-order valence-electron chi connectivity index (χ0n) is 16.2. The maximum atomic E-state index is 12.7. The molecule has 3 aliphatic rings. The standard InChI is InChI=1S/C21H36N2O2S/c24-20(23-15-7-10-17-9-5-6-13-19(17)23)14-8-16-25-21(26)22-18-11-3-1-2-4-12-18/h17-19H,1-16H2,(H,22,26). The largest absolute Gasteiger partial charge is 0.471 e. The summed E-state index contributed by atoms with van der Waals surface area (Å²) in [7, 11) is 0. The van der Waals surface area contributed by atoms with Crippen LogP contribution in [0.2, 0.25) is 0 Å². The second-order valence-electron chi connectivity index (χ2n) is 8.41. The maximum absolute atomic E-state index is 12.7. The lowest BCUT2D eigenvalue weighted by Crippen LogP contribution is -2.49. The molecule has 3 rings (SSSR count). The molecule has 0 aromatic carbocycles. The minimum absolute atomic E-state index is 0.327. The Hall–Kier alpha value is -0.840. The molecule has 0 bridgehead atoms. The van der Waals surface area contributed by atoms with E-state index in [1.54, 1.807) is 0 Å². The van der Waals surface area contributed by atoms with Crippen molar-refractivity contribution in [3.8, 4) is 0 Å². The molecule has 1 saturated heterocycles. The lowest BCUT2D eigenvalue weighted by molar-refractivity contribution is -0.137. The van der Waals surface area contributed by atoms with Gasteiger partial charge in [-0.2, -0.15) is 0 Å². The molecule has 1 aliphatic heterocycles. The summed E-state index contributed by atoms with van der Waals surface area (Å²) in [6.45, 7) is 1.51. The fraction of sp³-hybridized carbons (Fsp3) is 0.905. The lowest BCUT2D eigenvalue weighted by Gasteiger charge is -2.44. The first-order valence-electron chi connectivity index (χ1n) is 11.0. The minimum atomic E-state index is 0.327. The smallest absolute Gasteiger partial charge is 0.256 e. The van der Waals surface area contributed by atoms with Crippen LogP contribution in [-0.2, 0) is 9.53 Å². The summed E-state index contributed by atoms with van der Waals surface area (Å²) in [4.78, 5) is 14.9. The SMILES string of the molecule is O=C(CCCOC(=S)NC1CCCCCC1)N1CCCC2CCCCC21. The monoisotopic (exact) mass is 380 g/mol. The van der Waals surface area contributed by atoms with Crippen molar-refractivity contribution in [2.45, 2.75) is 102 Å². The molecule has 1 amide bonds. The van der Waals surface area contributed by atoms with Crippen molar-refractivity contribution in [1.82, 2.24) is 10.2 Å². The maximum Gasteiger partial charge on any atom is 0.256 e. The summed E-state index contributed by atoms with van der Waals surface area (Å²) in [6, 6.07) is 0.993. The third kappa shape index (κ3) is 5.83. The predicted molar refractivity (Wildman–Crippen MR) is 109 cm³/mol. The predicted octanol–water partition coefficient (Wildman–Crippen LogP) is 4.56. The van der Waals surface area contributed by atoms with Gasteiger partial charge in [0, 0.05) is 25.0 Å². The molecule has 4 nitrogen and oxygen atoms in total. The number of likely N-dealkylation sites (tertiary alicyclic amines) is 1. The molecule has 0 radical (unpaired) electrons. The lowest BCUT2D eigenvalue weighted by atomic mass is 9.78. The topological polar surface area (TPSA) is 41.6 Å². The third-order valence-corrected chi connectivity index (χ3v) is 6.74. The van der Waals surface area contributed by atoms with E-state index in [1.807, 2.05) is 0 Å². The fourth-order valence-electron chi connectivity index (χ4n) is 5.10. The molecule has 0 aromatic rings. The van der Waals surface area contributed by atoms with Crippen molar-refractivity contribution in [3.63, 3.8) is 0 Å². The molecular formula is C21H36N2O2S. The van der Waals surface area contributed by atoms with Gasteiger partial charge in [-0.25, -0.2) is 0 Å². The van der Waals surface area contributed by atoms with Crippen LogP contribution in [0.1, 0.15) is 89.9 Å². The fourth-order valence-corrected chi connectivity index (χ4v) is 5.35. The number of hydrogen-bond donors (Lipinski definition) is 1. The molecule has 2 unspecified atom stereocenters. The van der Waals surface area contributed by atoms with E-state index in [1.165, 1.54) is 77.0 Å². The Morgan fingerprint density at radius 1 is 0.962 bits per heavy atom. The zero-order valence-corrected chi connectivity index (χ0v) is 17.0. The Kier molecular flexibility index (Phi) is 8.03. The van der Waals surface area contributed by atoms with Crippen molar-refractivity contribution < 1.29 is 9.53 Å². The quantitative estimate of drug-likeness (QED) is 0.431. The number of rotatable bonds is 5. The summed E-state index contributed by atoms with van der Waals surface area (Å²) in [5, 5.41) is 3.88. The van der Waals surface area contributed by atoms with E-state index in [-0.39, 0.29) is 0 Å². The van der Waals surface area contributed by atoms with Crippen molar-refractivity contribution in [3.05, 3.63) is 0 Å². The van der Waals surface area contributed by atoms with Crippen LogP contribution in [0.5, 0.6) is 0 Å². The molecule has 5 heteroatoms. The van der Waals surface area contributed by atoms with Gasteiger partial charge in [0.25, 0.3) is 5.17 Å². The normalized spacial score (nSPS) is 27.3. The van der Waals surface area contributed by atoms with Crippen molar-refractivity contribution in [1.29, 1.82) is 0 Å². The van der Waals surface area contributed by atoms with Crippen LogP contribution in [-0.4, -0.2) is 41.2 Å². The number of nitrogens with zero attached hydrogens (tertiary/aromatic N) is 1. The van der Waals surface area contributed by atoms with Crippen LogP contribution in [0.3, 0.4) is 0 Å². The average Bonchev–Trinajstić information content (AvgIpc) is 2.93. The van der Waals surface area contributed by atoms with Gasteiger partial charge in [0.2, 0.25) is 5.91 Å². The van der Waals surface area contributed by atoms with Crippen LogP contribution in [0, 0.1) is 5.92 Å². The van der Waals surface area contributed by atoms with E-state index in [0.29, 0.717) is 36.2 Å². The van der Waals surface area contributed by atoms with Gasteiger partial charge in [-0.05, 0) is 63.1 Å². The van der Waals surface area contributed by atoms with Crippen LogP contribution < -0.4 is 5.32 Å². The summed E-state index contributed by atoms with van der Waals surface area (Å²) >= 11 is 5.33. The molecule has 0 spiro atoms. The van der Waals surface area contributed by atoms with E-state index in [4.69, 9.17) is 17.0 Å². The Bertz CT molecular complexity index is 461. The molecule has 3 fully saturated rings. The molecule has 148 valence electrons. The van der Waals surface area contributed by atoms with E-state index in [9.17, 15) is 4.79 Å². The van der Waals surface area contributed by atoms with Gasteiger partial charge < -0.3 is 15.0 Å². The highest BCUT2D eigenvalue weighted by Gasteiger charge is 2.35. The summed E-state index contributed by atoms with van der Waals surface area (Å²) < 4.78 is 5.68. The summed E-state index contributed by atoms with van der Waals surface area (Å²) in [5.41, 5.74) is 0. The molecule has 2 saturated carbocycles. The number of hydrogen-bond acceptors (Lipinski definition) is 3. The van der Waals surface area contributed by atoms with Gasteiger partial charge in [0.1, 0.15) is 0 Å². The Balaban J connectivity index is 1.32. The van der Waals surface area contributed by atoms with Crippen molar-refractivity contribution in [2.24, 2.45) is 5.92 Å². The van der Waals surface area contributed by atoms with E-state index in [2.05, 4.69) is 10.2 Å². The molecule has 26 heavy (non-hydrogen) atoms. The second kappa shape index (κ2) is 10.5. The molecule has 2 aliphatic carbocycles. The van der Waals surface area contributed by atoms with Crippen LogP contribution in [0.15, 0.2) is 0 Å². The Morgan fingerprint density at radius 3 is 2.46 bits per heavy atom. The number of carbonyl (C=O) groups is 1. The highest BCUT2D eigenvalue weighted by Crippen LogP contribution is 2.35. The highest BCUT2D eigenvalue weighted by atomic mass is 32.1. The van der Waals surface area contributed by atoms with Gasteiger partial charge in [0.05, 0.1) is 6.61 Å². The van der Waals surface area contributed by atoms with E-state index >= 15 is 0 Å². The van der Waals surface area contributed by atoms with Gasteiger partial charge in [-0.15, -0.1) is 0 Å². The van der Waals surface area contributed by atoms with Crippen LogP contribution in [0.25, 0.3) is 0 Å². The van der Waals surface area contributed by atoms with Crippen molar-refractivity contribution >= 4 is 23.3 Å². The molecular weight excluding hydrogens is 344 g/mol. The number of fused-ring (bicyclic) bond motifs is 1. The number of amides is 1. The van der Waals surface area contributed by atoms with Gasteiger partial charge >= 0.3 is 0 Å². The third-order valence-electron chi connectivity index (χ3n) is 6.51. The van der Waals surface area contributed by atoms with E-state index in [0.717, 1.165) is 18.9 Å². The minimum Gasteiger partial charge on any atom is -0.471 e. The number of piperidine rings is 1. The molecule has 2 atom stereocenters. The highest BCUT2D eigenvalue weighted by molar-refractivity contribution is 7.80. The number of ether oxygens (including phenoxy) is 1. The average molecular weight is 381 g/mol. The van der Waals surface area contributed by atoms with Gasteiger partial charge in [-0.1, -0.05) is 38.5 Å². The van der Waals surface area contributed by atoms with E-state index < -0.39 is 0 Å². The number of nitrogens with one attached hydrogen (secondary N) is 1. The van der Waals surface area contributed by atoms with Crippen LogP contribution in [0.4, 0.5) is 0 Å². The molecule has 1 heterocycles. The van der Waals surface area contributed by atoms with Gasteiger partial charge in [-0.3, -0.25) is 4.79 Å². The molecule has 0 aromatic heterocycles. The van der Waals surface area contributed by atoms with Gasteiger partial charge in [0.15, 0.2) is 0 Å². The first-order chi connectivity index (χ1) is 12.7. The zero-order chi connectivity index (χ0) is 18.2. The Labute approximate surface area is 164 Å².